The monoisotopic (exact) mass is 206 g/mol. The SMILES string of the molecule is CCOc1ccccc1NCC1CNC1. The van der Waals surface area contributed by atoms with E-state index in [-0.39, 0.29) is 0 Å². The molecule has 1 saturated heterocycles. The molecule has 1 fully saturated rings. The molecule has 1 aliphatic heterocycles. The summed E-state index contributed by atoms with van der Waals surface area (Å²) in [6.07, 6.45) is 0. The van der Waals surface area contributed by atoms with E-state index in [1.54, 1.807) is 0 Å². The molecule has 2 rings (SSSR count). The predicted molar refractivity (Wildman–Crippen MR) is 62.5 cm³/mol. The highest BCUT2D eigenvalue weighted by atomic mass is 16.5. The maximum Gasteiger partial charge on any atom is 0.142 e. The second-order valence-corrected chi connectivity index (χ2v) is 3.83. The summed E-state index contributed by atoms with van der Waals surface area (Å²) in [5.41, 5.74) is 1.10. The molecule has 15 heavy (non-hydrogen) atoms. The average molecular weight is 206 g/mol. The van der Waals surface area contributed by atoms with Gasteiger partial charge in [-0.3, -0.25) is 0 Å². The lowest BCUT2D eigenvalue weighted by molar-refractivity contribution is 0.339. The van der Waals surface area contributed by atoms with Crippen molar-refractivity contribution in [3.8, 4) is 5.75 Å². The van der Waals surface area contributed by atoms with Crippen LogP contribution in [0, 0.1) is 5.92 Å². The van der Waals surface area contributed by atoms with E-state index in [1.165, 1.54) is 0 Å². The lowest BCUT2D eigenvalue weighted by Crippen LogP contribution is -2.45. The van der Waals surface area contributed by atoms with Crippen LogP contribution in [0.3, 0.4) is 0 Å². The van der Waals surface area contributed by atoms with Crippen LogP contribution < -0.4 is 15.4 Å². The van der Waals surface area contributed by atoms with Crippen LogP contribution >= 0.6 is 0 Å². The molecule has 1 aromatic carbocycles. The van der Waals surface area contributed by atoms with E-state index in [9.17, 15) is 0 Å². The molecule has 0 spiro atoms. The number of nitrogens with one attached hydrogen (secondary N) is 2. The molecule has 0 radical (unpaired) electrons. The van der Waals surface area contributed by atoms with E-state index >= 15 is 0 Å². The van der Waals surface area contributed by atoms with Gasteiger partial charge in [0.15, 0.2) is 0 Å². The minimum absolute atomic E-state index is 0.712. The van der Waals surface area contributed by atoms with Crippen LogP contribution in [-0.2, 0) is 0 Å². The predicted octanol–water partition coefficient (Wildman–Crippen LogP) is 1.72. The molecular weight excluding hydrogens is 188 g/mol. The molecule has 2 N–H and O–H groups in total. The molecule has 1 aliphatic rings. The van der Waals surface area contributed by atoms with Crippen LogP contribution in [0.2, 0.25) is 0 Å². The third-order valence-electron chi connectivity index (χ3n) is 2.63. The second-order valence-electron chi connectivity index (χ2n) is 3.83. The van der Waals surface area contributed by atoms with Gasteiger partial charge >= 0.3 is 0 Å². The molecule has 0 aliphatic carbocycles. The molecule has 0 amide bonds. The zero-order chi connectivity index (χ0) is 10.5. The molecule has 82 valence electrons. The number of ether oxygens (including phenoxy) is 1. The first-order valence-electron chi connectivity index (χ1n) is 5.56. The van der Waals surface area contributed by atoms with Crippen molar-refractivity contribution >= 4 is 5.69 Å². The number of benzene rings is 1. The third kappa shape index (κ3) is 2.63. The summed E-state index contributed by atoms with van der Waals surface area (Å²) in [6, 6.07) is 8.10. The maximum absolute atomic E-state index is 5.54. The van der Waals surface area contributed by atoms with Gasteiger partial charge in [-0.2, -0.15) is 0 Å². The second kappa shape index (κ2) is 5.03. The summed E-state index contributed by atoms with van der Waals surface area (Å²) in [7, 11) is 0. The standard InChI is InChI=1S/C12H18N2O/c1-2-15-12-6-4-3-5-11(12)14-9-10-7-13-8-10/h3-6,10,13-14H,2,7-9H2,1H3. The summed E-state index contributed by atoms with van der Waals surface area (Å²) in [5, 5.41) is 6.70. The minimum atomic E-state index is 0.712. The van der Waals surface area contributed by atoms with E-state index in [4.69, 9.17) is 4.74 Å². The van der Waals surface area contributed by atoms with Gasteiger partial charge in [-0.1, -0.05) is 12.1 Å². The van der Waals surface area contributed by atoms with E-state index < -0.39 is 0 Å². The van der Waals surface area contributed by atoms with Crippen molar-refractivity contribution < 1.29 is 4.74 Å². The fraction of sp³-hybridized carbons (Fsp3) is 0.500. The van der Waals surface area contributed by atoms with Crippen molar-refractivity contribution in [1.82, 2.24) is 5.32 Å². The average Bonchev–Trinajstić information content (AvgIpc) is 2.18. The van der Waals surface area contributed by atoms with Crippen molar-refractivity contribution in [2.24, 2.45) is 5.92 Å². The van der Waals surface area contributed by atoms with Crippen LogP contribution in [-0.4, -0.2) is 26.2 Å². The maximum atomic E-state index is 5.54. The van der Waals surface area contributed by atoms with Gasteiger partial charge in [0.05, 0.1) is 12.3 Å². The van der Waals surface area contributed by atoms with Crippen LogP contribution in [0.4, 0.5) is 5.69 Å². The molecule has 1 aromatic rings. The Morgan fingerprint density at radius 1 is 1.40 bits per heavy atom. The van der Waals surface area contributed by atoms with Gasteiger partial charge in [-0.05, 0) is 19.1 Å². The molecule has 3 nitrogen and oxygen atoms in total. The summed E-state index contributed by atoms with van der Waals surface area (Å²) in [6.45, 7) is 6.00. The topological polar surface area (TPSA) is 33.3 Å². The first-order valence-corrected chi connectivity index (χ1v) is 5.56. The van der Waals surface area contributed by atoms with Crippen molar-refractivity contribution in [3.63, 3.8) is 0 Å². The highest BCUT2D eigenvalue weighted by Gasteiger charge is 2.16. The third-order valence-corrected chi connectivity index (χ3v) is 2.63. The number of anilines is 1. The quantitative estimate of drug-likeness (QED) is 0.769. The van der Waals surface area contributed by atoms with E-state index in [1.807, 2.05) is 25.1 Å². The van der Waals surface area contributed by atoms with Crippen molar-refractivity contribution in [2.45, 2.75) is 6.92 Å². The Hall–Kier alpha value is -1.22. The summed E-state index contributed by atoms with van der Waals surface area (Å²) in [4.78, 5) is 0. The Balaban J connectivity index is 1.92. The van der Waals surface area contributed by atoms with Crippen LogP contribution in [0.5, 0.6) is 5.75 Å². The zero-order valence-corrected chi connectivity index (χ0v) is 9.12. The van der Waals surface area contributed by atoms with Crippen molar-refractivity contribution in [3.05, 3.63) is 24.3 Å². The number of hydrogen-bond donors (Lipinski definition) is 2. The summed E-state index contributed by atoms with van der Waals surface area (Å²) >= 11 is 0. The smallest absolute Gasteiger partial charge is 0.142 e. The highest BCUT2D eigenvalue weighted by Crippen LogP contribution is 2.23. The molecule has 0 atom stereocenters. The van der Waals surface area contributed by atoms with Gasteiger partial charge in [-0.25, -0.2) is 0 Å². The van der Waals surface area contributed by atoms with Gasteiger partial charge in [0.25, 0.3) is 0 Å². The molecular formula is C12H18N2O. The molecule has 0 bridgehead atoms. The Bertz CT molecular complexity index is 310. The number of hydrogen-bond acceptors (Lipinski definition) is 3. The molecule has 0 saturated carbocycles. The minimum Gasteiger partial charge on any atom is -0.492 e. The fourth-order valence-electron chi connectivity index (χ4n) is 1.64. The van der Waals surface area contributed by atoms with Gasteiger partial charge < -0.3 is 15.4 Å². The normalized spacial score (nSPS) is 15.8. The molecule has 1 heterocycles. The van der Waals surface area contributed by atoms with Crippen molar-refractivity contribution in [2.75, 3.05) is 31.6 Å². The first-order chi connectivity index (χ1) is 7.40. The van der Waals surface area contributed by atoms with E-state index in [0.717, 1.165) is 37.0 Å². The Morgan fingerprint density at radius 3 is 2.87 bits per heavy atom. The lowest BCUT2D eigenvalue weighted by atomic mass is 10.0. The summed E-state index contributed by atoms with van der Waals surface area (Å²) in [5.74, 6) is 1.71. The van der Waals surface area contributed by atoms with E-state index in [0.29, 0.717) is 6.61 Å². The molecule has 3 heteroatoms. The van der Waals surface area contributed by atoms with E-state index in [2.05, 4.69) is 16.7 Å². The van der Waals surface area contributed by atoms with Crippen LogP contribution in [0.15, 0.2) is 24.3 Å². The van der Waals surface area contributed by atoms with Crippen LogP contribution in [0.25, 0.3) is 0 Å². The van der Waals surface area contributed by atoms with Crippen molar-refractivity contribution in [1.29, 1.82) is 0 Å². The fourth-order valence-corrected chi connectivity index (χ4v) is 1.64. The Morgan fingerprint density at radius 2 is 2.20 bits per heavy atom. The lowest BCUT2D eigenvalue weighted by Gasteiger charge is -2.27. The largest absolute Gasteiger partial charge is 0.492 e. The van der Waals surface area contributed by atoms with Gasteiger partial charge in [-0.15, -0.1) is 0 Å². The van der Waals surface area contributed by atoms with Gasteiger partial charge in [0, 0.05) is 25.6 Å². The molecule has 0 unspecified atom stereocenters. The van der Waals surface area contributed by atoms with Crippen LogP contribution in [0.1, 0.15) is 6.92 Å². The highest BCUT2D eigenvalue weighted by molar-refractivity contribution is 5.56. The molecule has 0 aromatic heterocycles. The Labute approximate surface area is 90.8 Å². The number of rotatable bonds is 5. The Kier molecular flexibility index (Phi) is 3.45. The summed E-state index contributed by atoms with van der Waals surface area (Å²) < 4.78 is 5.54. The number of para-hydroxylation sites is 2. The zero-order valence-electron chi connectivity index (χ0n) is 9.12. The first kappa shape index (κ1) is 10.3. The van der Waals surface area contributed by atoms with Gasteiger partial charge in [0.1, 0.15) is 5.75 Å². The van der Waals surface area contributed by atoms with Gasteiger partial charge in [0.2, 0.25) is 0 Å².